The highest BCUT2D eigenvalue weighted by atomic mass is 127. The number of methoxy groups -OCH3 is 2. The van der Waals surface area contributed by atoms with E-state index in [-0.39, 0.29) is 48.7 Å². The lowest BCUT2D eigenvalue weighted by molar-refractivity contribution is -0.120. The van der Waals surface area contributed by atoms with Gasteiger partial charge in [-0.05, 0) is 35.9 Å². The number of aliphatic imine (C=N–C) groups is 1. The Labute approximate surface area is 202 Å². The average molecular weight is 564 g/mol. The van der Waals surface area contributed by atoms with E-state index in [0.717, 1.165) is 11.3 Å². The van der Waals surface area contributed by atoms with Crippen LogP contribution in [-0.4, -0.2) is 46.3 Å². The summed E-state index contributed by atoms with van der Waals surface area (Å²) in [5, 5.41) is 8.62. The molecule has 0 heterocycles. The highest BCUT2D eigenvalue weighted by molar-refractivity contribution is 14.0. The van der Waals surface area contributed by atoms with Gasteiger partial charge in [-0.3, -0.25) is 9.79 Å². The van der Waals surface area contributed by atoms with Gasteiger partial charge < -0.3 is 30.2 Å². The smallest absolute Gasteiger partial charge is 0.387 e. The van der Waals surface area contributed by atoms with Crippen molar-refractivity contribution < 1.29 is 27.8 Å². The molecule has 0 saturated carbocycles. The van der Waals surface area contributed by atoms with Crippen LogP contribution in [0.3, 0.4) is 0 Å². The van der Waals surface area contributed by atoms with Crippen LogP contribution in [0.5, 0.6) is 17.2 Å². The fourth-order valence-electron chi connectivity index (χ4n) is 2.60. The topological polar surface area (TPSA) is 93.2 Å². The normalized spacial score (nSPS) is 10.8. The summed E-state index contributed by atoms with van der Waals surface area (Å²) >= 11 is 0. The third-order valence-electron chi connectivity index (χ3n) is 4.22. The van der Waals surface area contributed by atoms with E-state index in [1.807, 2.05) is 24.3 Å². The second-order valence-electron chi connectivity index (χ2n) is 6.26. The van der Waals surface area contributed by atoms with Crippen molar-refractivity contribution >= 4 is 35.8 Å². The number of nitrogens with zero attached hydrogens (tertiary/aromatic N) is 1. The first-order valence-corrected chi connectivity index (χ1v) is 9.41. The fraction of sp³-hybridized carbons (Fsp3) is 0.333. The van der Waals surface area contributed by atoms with Crippen LogP contribution in [0.2, 0.25) is 0 Å². The molecule has 0 spiro atoms. The van der Waals surface area contributed by atoms with Crippen molar-refractivity contribution in [2.45, 2.75) is 19.7 Å². The van der Waals surface area contributed by atoms with Gasteiger partial charge in [0.05, 0.1) is 20.8 Å². The van der Waals surface area contributed by atoms with Crippen molar-refractivity contribution in [2.24, 2.45) is 4.99 Å². The molecule has 0 saturated heterocycles. The summed E-state index contributed by atoms with van der Waals surface area (Å²) in [5.74, 6) is 1.35. The van der Waals surface area contributed by atoms with Crippen molar-refractivity contribution in [3.63, 3.8) is 0 Å². The van der Waals surface area contributed by atoms with Gasteiger partial charge in [-0.15, -0.1) is 24.0 Å². The first kappa shape index (κ1) is 27.2. The van der Waals surface area contributed by atoms with Gasteiger partial charge in [0.2, 0.25) is 5.91 Å². The van der Waals surface area contributed by atoms with Crippen LogP contribution in [0.4, 0.5) is 8.78 Å². The first-order valence-electron chi connectivity index (χ1n) is 9.41. The van der Waals surface area contributed by atoms with Gasteiger partial charge >= 0.3 is 6.61 Å². The molecule has 0 aliphatic rings. The van der Waals surface area contributed by atoms with Gasteiger partial charge in [0.1, 0.15) is 17.2 Å². The van der Waals surface area contributed by atoms with E-state index in [9.17, 15) is 13.6 Å². The minimum Gasteiger partial charge on any atom is -0.497 e. The summed E-state index contributed by atoms with van der Waals surface area (Å²) in [7, 11) is 4.60. The van der Waals surface area contributed by atoms with Crippen LogP contribution in [-0.2, 0) is 17.9 Å². The number of carbonyl (C=O) groups excluding carboxylic acids is 1. The van der Waals surface area contributed by atoms with E-state index in [4.69, 9.17) is 9.47 Å². The number of halogens is 3. The Kier molecular flexibility index (Phi) is 12.1. The van der Waals surface area contributed by atoms with Gasteiger partial charge in [0.25, 0.3) is 0 Å². The van der Waals surface area contributed by atoms with Crippen LogP contribution in [0.1, 0.15) is 11.1 Å². The molecule has 2 rings (SSSR count). The summed E-state index contributed by atoms with van der Waals surface area (Å²) in [4.78, 5) is 16.1. The molecule has 0 fully saturated rings. The number of benzene rings is 2. The number of ether oxygens (including phenoxy) is 3. The lowest BCUT2D eigenvalue weighted by atomic mass is 10.2. The standard InChI is InChI=1S/C21H26F2N4O4.HI/c1-24-21(26-12-15-10-17(30-3)8-9-18(15)31-20(22)23)27-13-19(28)25-11-14-4-6-16(29-2)7-5-14;/h4-10,20H,11-13H2,1-3H3,(H,25,28)(H2,24,26,27);1H. The van der Waals surface area contributed by atoms with Crippen LogP contribution >= 0.6 is 24.0 Å². The average Bonchev–Trinajstić information content (AvgIpc) is 2.78. The van der Waals surface area contributed by atoms with Gasteiger partial charge in [-0.25, -0.2) is 0 Å². The third-order valence-corrected chi connectivity index (χ3v) is 4.22. The molecule has 0 aromatic heterocycles. The number of guanidine groups is 1. The minimum absolute atomic E-state index is 0. The molecule has 1 amide bonds. The van der Waals surface area contributed by atoms with Crippen molar-refractivity contribution in [3.8, 4) is 17.2 Å². The monoisotopic (exact) mass is 564 g/mol. The maximum atomic E-state index is 12.6. The number of hydrogen-bond acceptors (Lipinski definition) is 5. The molecule has 0 aliphatic carbocycles. The van der Waals surface area contributed by atoms with E-state index >= 15 is 0 Å². The zero-order valence-corrected chi connectivity index (χ0v) is 20.3. The molecule has 2 aromatic rings. The molecule has 0 bridgehead atoms. The molecule has 8 nitrogen and oxygen atoms in total. The molecule has 3 N–H and O–H groups in total. The van der Waals surface area contributed by atoms with Gasteiger partial charge in [0.15, 0.2) is 5.96 Å². The third kappa shape index (κ3) is 9.12. The largest absolute Gasteiger partial charge is 0.497 e. The molecule has 2 aromatic carbocycles. The zero-order chi connectivity index (χ0) is 22.6. The predicted octanol–water partition coefficient (Wildman–Crippen LogP) is 2.90. The Morgan fingerprint density at radius 3 is 2.22 bits per heavy atom. The second kappa shape index (κ2) is 14.3. The molecule has 32 heavy (non-hydrogen) atoms. The molecule has 0 atom stereocenters. The lowest BCUT2D eigenvalue weighted by Gasteiger charge is -2.15. The van der Waals surface area contributed by atoms with Crippen molar-refractivity contribution in [1.82, 2.24) is 16.0 Å². The molecule has 0 aliphatic heterocycles. The Morgan fingerprint density at radius 1 is 0.969 bits per heavy atom. The Balaban J connectivity index is 0.00000512. The SMILES string of the molecule is CN=C(NCC(=O)NCc1ccc(OC)cc1)NCc1cc(OC)ccc1OC(F)F.I. The van der Waals surface area contributed by atoms with E-state index in [2.05, 4.69) is 25.7 Å². The minimum atomic E-state index is -2.95. The van der Waals surface area contributed by atoms with E-state index in [1.54, 1.807) is 13.2 Å². The summed E-state index contributed by atoms with van der Waals surface area (Å²) < 4.78 is 40.0. The van der Waals surface area contributed by atoms with E-state index in [0.29, 0.717) is 23.8 Å². The summed E-state index contributed by atoms with van der Waals surface area (Å²) in [5.41, 5.74) is 1.38. The summed E-state index contributed by atoms with van der Waals surface area (Å²) in [6, 6.07) is 11.9. The van der Waals surface area contributed by atoms with Crippen molar-refractivity contribution in [3.05, 3.63) is 53.6 Å². The number of alkyl halides is 2. The Hall–Kier alpha value is -2.83. The zero-order valence-electron chi connectivity index (χ0n) is 18.0. The lowest BCUT2D eigenvalue weighted by Crippen LogP contribution is -2.42. The van der Waals surface area contributed by atoms with Gasteiger partial charge in [0, 0.05) is 25.7 Å². The molecule has 0 radical (unpaired) electrons. The maximum absolute atomic E-state index is 12.6. The highest BCUT2D eigenvalue weighted by Gasteiger charge is 2.12. The molecular formula is C21H27F2IN4O4. The van der Waals surface area contributed by atoms with Crippen molar-refractivity contribution in [2.75, 3.05) is 27.8 Å². The second-order valence-corrected chi connectivity index (χ2v) is 6.26. The van der Waals surface area contributed by atoms with E-state index in [1.165, 1.54) is 26.3 Å². The number of amides is 1. The number of nitrogens with one attached hydrogen (secondary N) is 3. The highest BCUT2D eigenvalue weighted by Crippen LogP contribution is 2.25. The Morgan fingerprint density at radius 2 is 1.62 bits per heavy atom. The van der Waals surface area contributed by atoms with Crippen LogP contribution in [0.25, 0.3) is 0 Å². The van der Waals surface area contributed by atoms with Gasteiger partial charge in [-0.2, -0.15) is 8.78 Å². The molecule has 176 valence electrons. The maximum Gasteiger partial charge on any atom is 0.387 e. The number of carbonyl (C=O) groups is 1. The summed E-state index contributed by atoms with van der Waals surface area (Å²) in [6.45, 7) is -2.46. The van der Waals surface area contributed by atoms with E-state index < -0.39 is 6.61 Å². The predicted molar refractivity (Wildman–Crippen MR) is 128 cm³/mol. The number of rotatable bonds is 10. The molecule has 11 heteroatoms. The van der Waals surface area contributed by atoms with Crippen LogP contribution in [0.15, 0.2) is 47.5 Å². The quantitative estimate of drug-likeness (QED) is 0.234. The number of hydrogen-bond donors (Lipinski definition) is 3. The fourth-order valence-corrected chi connectivity index (χ4v) is 2.60. The molecular weight excluding hydrogens is 537 g/mol. The Bertz CT molecular complexity index is 883. The van der Waals surface area contributed by atoms with Crippen LogP contribution in [0, 0.1) is 0 Å². The first-order chi connectivity index (χ1) is 14.9. The van der Waals surface area contributed by atoms with Crippen LogP contribution < -0.4 is 30.2 Å². The van der Waals surface area contributed by atoms with Crippen molar-refractivity contribution in [1.29, 1.82) is 0 Å². The molecule has 0 unspecified atom stereocenters. The summed E-state index contributed by atoms with van der Waals surface area (Å²) in [6.07, 6.45) is 0. The van der Waals surface area contributed by atoms with Gasteiger partial charge in [-0.1, -0.05) is 12.1 Å².